The summed E-state index contributed by atoms with van der Waals surface area (Å²) < 4.78 is 5.76. The Morgan fingerprint density at radius 2 is 2.00 bits per heavy atom. The summed E-state index contributed by atoms with van der Waals surface area (Å²) in [5, 5.41) is 11.7. The summed E-state index contributed by atoms with van der Waals surface area (Å²) in [7, 11) is 0. The number of nitrogens with two attached hydrogens (primary N) is 1. The van der Waals surface area contributed by atoms with Crippen molar-refractivity contribution in [3.8, 4) is 11.8 Å². The minimum Gasteiger partial charge on any atom is -0.494 e. The van der Waals surface area contributed by atoms with E-state index in [-0.39, 0.29) is 11.9 Å². The van der Waals surface area contributed by atoms with E-state index >= 15 is 0 Å². The Balaban J connectivity index is 1.40. The van der Waals surface area contributed by atoms with E-state index in [4.69, 9.17) is 15.7 Å². The number of benzene rings is 1. The molecule has 2 aliphatic heterocycles. The van der Waals surface area contributed by atoms with Crippen molar-refractivity contribution in [2.45, 2.75) is 44.3 Å². The molecule has 1 aromatic rings. The number of nitrogens with one attached hydrogen (secondary N) is 1. The molecule has 2 bridgehead atoms. The van der Waals surface area contributed by atoms with Gasteiger partial charge in [-0.05, 0) is 50.5 Å². The third-order valence-corrected chi connectivity index (χ3v) is 5.64. The lowest BCUT2D eigenvalue weighted by Crippen LogP contribution is -2.57. The van der Waals surface area contributed by atoms with Crippen molar-refractivity contribution >= 4 is 5.91 Å². The number of nitriles is 1. The van der Waals surface area contributed by atoms with Gasteiger partial charge >= 0.3 is 0 Å². The predicted molar refractivity (Wildman–Crippen MR) is 108 cm³/mol. The summed E-state index contributed by atoms with van der Waals surface area (Å²) in [6.07, 6.45) is 3.16. The number of hydrogen-bond donors (Lipinski definition) is 2. The number of fused-ring (bicyclic) bond motifs is 2. The third kappa shape index (κ3) is 5.44. The molecule has 0 aliphatic carbocycles. The number of amides is 1. The van der Waals surface area contributed by atoms with Gasteiger partial charge < -0.3 is 15.8 Å². The zero-order valence-corrected chi connectivity index (χ0v) is 16.6. The van der Waals surface area contributed by atoms with Crippen molar-refractivity contribution in [3.63, 3.8) is 0 Å². The number of rotatable bonds is 9. The number of carbonyl (C=O) groups is 1. The van der Waals surface area contributed by atoms with Crippen LogP contribution in [0.4, 0.5) is 0 Å². The van der Waals surface area contributed by atoms with Gasteiger partial charge in [-0.2, -0.15) is 5.26 Å². The van der Waals surface area contributed by atoms with Gasteiger partial charge in [0, 0.05) is 44.3 Å². The minimum absolute atomic E-state index is 0.0661. The second kappa shape index (κ2) is 9.87. The van der Waals surface area contributed by atoms with Crippen LogP contribution in [0, 0.1) is 11.3 Å². The Morgan fingerprint density at radius 3 is 2.61 bits per heavy atom. The lowest BCUT2D eigenvalue weighted by Gasteiger charge is -2.41. The minimum atomic E-state index is 0.0661. The van der Waals surface area contributed by atoms with Crippen LogP contribution < -0.4 is 15.8 Å². The van der Waals surface area contributed by atoms with Crippen LogP contribution in [0.5, 0.6) is 5.75 Å². The molecule has 0 aromatic heterocycles. The number of carbonyl (C=O) groups excluding carboxylic acids is 1. The Labute approximate surface area is 167 Å². The van der Waals surface area contributed by atoms with Crippen LogP contribution in [0.2, 0.25) is 0 Å². The van der Waals surface area contributed by atoms with Gasteiger partial charge in [0.15, 0.2) is 0 Å². The highest BCUT2D eigenvalue weighted by Crippen LogP contribution is 2.30. The lowest BCUT2D eigenvalue weighted by molar-refractivity contribution is -0.123. The SMILES string of the molecule is CCNC(=O)CN1CC2CCC(C1)N2CC(N)CCOc1ccc(C#N)cc1. The molecule has 2 heterocycles. The van der Waals surface area contributed by atoms with Crippen LogP contribution in [-0.2, 0) is 4.79 Å². The third-order valence-electron chi connectivity index (χ3n) is 5.64. The van der Waals surface area contributed by atoms with Crippen LogP contribution in [0.3, 0.4) is 0 Å². The van der Waals surface area contributed by atoms with Gasteiger partial charge in [0.05, 0.1) is 24.8 Å². The molecule has 7 heteroatoms. The van der Waals surface area contributed by atoms with E-state index in [9.17, 15) is 4.79 Å². The maximum Gasteiger partial charge on any atom is 0.234 e. The summed E-state index contributed by atoms with van der Waals surface area (Å²) in [5.41, 5.74) is 7.01. The van der Waals surface area contributed by atoms with Crippen molar-refractivity contribution < 1.29 is 9.53 Å². The summed E-state index contributed by atoms with van der Waals surface area (Å²) in [5.74, 6) is 0.886. The number of hydrogen-bond acceptors (Lipinski definition) is 6. The Bertz CT molecular complexity index is 673. The smallest absolute Gasteiger partial charge is 0.234 e. The second-order valence-electron chi connectivity index (χ2n) is 7.76. The van der Waals surface area contributed by atoms with Gasteiger partial charge in [0.1, 0.15) is 5.75 Å². The normalized spacial score (nSPS) is 23.2. The molecule has 1 aromatic carbocycles. The van der Waals surface area contributed by atoms with Gasteiger partial charge in [-0.15, -0.1) is 0 Å². The largest absolute Gasteiger partial charge is 0.494 e. The standard InChI is InChI=1S/C21H31N5O2/c1-2-24-21(27)15-25-13-18-5-6-19(14-25)26(18)12-17(23)9-10-28-20-7-3-16(11-22)4-8-20/h3-4,7-8,17-19H,2,5-6,9-10,12-15,23H2,1H3,(H,24,27). The Kier molecular flexibility index (Phi) is 7.26. The molecule has 0 radical (unpaired) electrons. The van der Waals surface area contributed by atoms with Gasteiger partial charge in [-0.3, -0.25) is 14.6 Å². The molecule has 0 saturated carbocycles. The summed E-state index contributed by atoms with van der Waals surface area (Å²) >= 11 is 0. The van der Waals surface area contributed by atoms with Gasteiger partial charge in [-0.1, -0.05) is 0 Å². The highest BCUT2D eigenvalue weighted by molar-refractivity contribution is 5.77. The predicted octanol–water partition coefficient (Wildman–Crippen LogP) is 0.939. The molecule has 2 fully saturated rings. The number of ether oxygens (including phenoxy) is 1. The Morgan fingerprint density at radius 1 is 1.32 bits per heavy atom. The maximum atomic E-state index is 11.9. The van der Waals surface area contributed by atoms with Crippen LogP contribution in [-0.4, -0.2) is 73.2 Å². The van der Waals surface area contributed by atoms with E-state index in [1.807, 2.05) is 19.1 Å². The fourth-order valence-electron chi connectivity index (χ4n) is 4.28. The molecule has 7 nitrogen and oxygen atoms in total. The number of likely N-dealkylation sites (tertiary alicyclic amines) is 1. The molecule has 3 rings (SSSR count). The molecule has 28 heavy (non-hydrogen) atoms. The number of piperazine rings is 1. The first-order valence-electron chi connectivity index (χ1n) is 10.2. The van der Waals surface area contributed by atoms with E-state index in [1.165, 1.54) is 12.8 Å². The quantitative estimate of drug-likeness (QED) is 0.657. The molecule has 0 spiro atoms. The highest BCUT2D eigenvalue weighted by atomic mass is 16.5. The first-order valence-corrected chi connectivity index (χ1v) is 10.2. The van der Waals surface area contributed by atoms with Gasteiger partial charge in [0.25, 0.3) is 0 Å². The topological polar surface area (TPSA) is 94.6 Å². The van der Waals surface area contributed by atoms with E-state index in [2.05, 4.69) is 21.2 Å². The van der Waals surface area contributed by atoms with Crippen LogP contribution in [0.25, 0.3) is 0 Å². The average molecular weight is 386 g/mol. The van der Waals surface area contributed by atoms with Crippen LogP contribution >= 0.6 is 0 Å². The van der Waals surface area contributed by atoms with Crippen molar-refractivity contribution in [2.75, 3.05) is 39.3 Å². The molecule has 3 unspecified atom stereocenters. The average Bonchev–Trinajstić information content (AvgIpc) is 2.91. The van der Waals surface area contributed by atoms with Gasteiger partial charge in [0.2, 0.25) is 5.91 Å². The fraction of sp³-hybridized carbons (Fsp3) is 0.619. The molecule has 3 atom stereocenters. The molecule has 152 valence electrons. The first-order chi connectivity index (χ1) is 13.6. The van der Waals surface area contributed by atoms with E-state index < -0.39 is 0 Å². The Hall–Kier alpha value is -2.14. The molecular formula is C21H31N5O2. The van der Waals surface area contributed by atoms with E-state index in [0.717, 1.165) is 31.8 Å². The molecular weight excluding hydrogens is 354 g/mol. The highest BCUT2D eigenvalue weighted by Gasteiger charge is 2.40. The van der Waals surface area contributed by atoms with Crippen molar-refractivity contribution in [2.24, 2.45) is 5.73 Å². The summed E-state index contributed by atoms with van der Waals surface area (Å²) in [4.78, 5) is 16.7. The van der Waals surface area contributed by atoms with Gasteiger partial charge in [-0.25, -0.2) is 0 Å². The zero-order chi connectivity index (χ0) is 19.9. The second-order valence-corrected chi connectivity index (χ2v) is 7.76. The first kappa shape index (κ1) is 20.6. The maximum absolute atomic E-state index is 11.9. The summed E-state index contributed by atoms with van der Waals surface area (Å²) in [6, 6.07) is 10.3. The molecule has 3 N–H and O–H groups in total. The fourth-order valence-corrected chi connectivity index (χ4v) is 4.28. The lowest BCUT2D eigenvalue weighted by atomic mass is 10.1. The van der Waals surface area contributed by atoms with E-state index in [1.54, 1.807) is 12.1 Å². The van der Waals surface area contributed by atoms with Crippen LogP contribution in [0.15, 0.2) is 24.3 Å². The van der Waals surface area contributed by atoms with E-state index in [0.29, 0.717) is 37.3 Å². The zero-order valence-electron chi connectivity index (χ0n) is 16.6. The van der Waals surface area contributed by atoms with Crippen molar-refractivity contribution in [1.82, 2.24) is 15.1 Å². The van der Waals surface area contributed by atoms with Crippen LogP contribution in [0.1, 0.15) is 31.7 Å². The molecule has 2 saturated heterocycles. The molecule has 1 amide bonds. The monoisotopic (exact) mass is 385 g/mol. The van der Waals surface area contributed by atoms with Crippen molar-refractivity contribution in [1.29, 1.82) is 5.26 Å². The van der Waals surface area contributed by atoms with Crippen molar-refractivity contribution in [3.05, 3.63) is 29.8 Å². The number of nitrogens with zero attached hydrogens (tertiary/aromatic N) is 3. The summed E-state index contributed by atoms with van der Waals surface area (Å²) in [6.45, 7) is 6.47. The molecule has 2 aliphatic rings. The number of likely N-dealkylation sites (N-methyl/N-ethyl adjacent to an activating group) is 1.